The molecule has 0 aromatic heterocycles. The second-order valence-corrected chi connectivity index (χ2v) is 17.2. The Morgan fingerprint density at radius 2 is 0.837 bits per heavy atom. The van der Waals surface area contributed by atoms with Gasteiger partial charge >= 0.3 is 0 Å². The number of hydrogen-bond acceptors (Lipinski definition) is 4. The monoisotopic (exact) mass is 662 g/mol. The fourth-order valence-corrected chi connectivity index (χ4v) is 11.9. The molecule has 49 heavy (non-hydrogen) atoms. The first-order chi connectivity index (χ1) is 24.1. The van der Waals surface area contributed by atoms with Gasteiger partial charge in [-0.1, -0.05) is 48.5 Å². The van der Waals surface area contributed by atoms with Crippen LogP contribution >= 0.6 is 0 Å². The quantitative estimate of drug-likeness (QED) is 0.269. The Bertz CT molecular complexity index is 1340. The Hall–Kier alpha value is -2.70. The van der Waals surface area contributed by atoms with Gasteiger partial charge in [-0.15, -0.1) is 0 Å². The van der Waals surface area contributed by atoms with Crippen LogP contribution in [0.1, 0.15) is 156 Å². The highest BCUT2D eigenvalue weighted by Gasteiger charge is 2.45. The molecule has 5 fully saturated rings. The zero-order chi connectivity index (χ0) is 32.9. The summed E-state index contributed by atoms with van der Waals surface area (Å²) >= 11 is 0. The fourth-order valence-electron chi connectivity index (χ4n) is 11.9. The molecule has 6 nitrogen and oxygen atoms in total. The van der Waals surface area contributed by atoms with Crippen molar-refractivity contribution in [1.82, 2.24) is 20.4 Å². The van der Waals surface area contributed by atoms with Crippen molar-refractivity contribution < 1.29 is 9.59 Å². The maximum absolute atomic E-state index is 13.3. The minimum absolute atomic E-state index is 0.00324. The molecule has 2 saturated heterocycles. The van der Waals surface area contributed by atoms with Crippen molar-refractivity contribution in [2.24, 2.45) is 23.7 Å². The van der Waals surface area contributed by atoms with E-state index in [1.807, 2.05) is 0 Å². The van der Waals surface area contributed by atoms with Gasteiger partial charge in [0.05, 0.1) is 0 Å². The van der Waals surface area contributed by atoms with E-state index < -0.39 is 0 Å². The van der Waals surface area contributed by atoms with E-state index in [-0.39, 0.29) is 23.7 Å². The number of nitrogens with one attached hydrogen (secondary N) is 2. The number of hydrogen-bond donors (Lipinski definition) is 2. The third kappa shape index (κ3) is 6.28. The predicted octanol–water partition coefficient (Wildman–Crippen LogP) is 8.32. The summed E-state index contributed by atoms with van der Waals surface area (Å²) in [5.41, 5.74) is 6.34. The van der Waals surface area contributed by atoms with E-state index in [1.54, 1.807) is 22.3 Å². The second kappa shape index (κ2) is 13.8. The molecule has 6 atom stereocenters. The summed E-state index contributed by atoms with van der Waals surface area (Å²) in [6.45, 7) is 2.43. The van der Waals surface area contributed by atoms with E-state index in [9.17, 15) is 9.59 Å². The maximum Gasteiger partial charge on any atom is 0.223 e. The van der Waals surface area contributed by atoms with Gasteiger partial charge in [0.2, 0.25) is 11.8 Å². The van der Waals surface area contributed by atoms with Crippen LogP contribution in [0, 0.1) is 23.7 Å². The highest BCUT2D eigenvalue weighted by Crippen LogP contribution is 2.54. The molecular weight excluding hydrogens is 604 g/mol. The van der Waals surface area contributed by atoms with Crippen LogP contribution in [0.3, 0.4) is 0 Å². The van der Waals surface area contributed by atoms with E-state index in [0.29, 0.717) is 36.3 Å². The summed E-state index contributed by atoms with van der Waals surface area (Å²) in [6.07, 6.45) is 19.6. The van der Waals surface area contributed by atoms with Crippen LogP contribution in [-0.2, 0) is 9.59 Å². The van der Waals surface area contributed by atoms with Gasteiger partial charge in [-0.05, 0) is 156 Å². The molecule has 3 saturated carbocycles. The average molecular weight is 663 g/mol. The molecule has 4 aliphatic heterocycles. The van der Waals surface area contributed by atoms with E-state index in [0.717, 1.165) is 56.8 Å². The average Bonchev–Trinajstić information content (AvgIpc) is 3.98. The first-order valence-electron chi connectivity index (χ1n) is 20.4. The van der Waals surface area contributed by atoms with Gasteiger partial charge in [-0.3, -0.25) is 19.4 Å². The van der Waals surface area contributed by atoms with Crippen molar-refractivity contribution in [3.63, 3.8) is 0 Å². The van der Waals surface area contributed by atoms with Gasteiger partial charge in [-0.25, -0.2) is 0 Å². The largest absolute Gasteiger partial charge is 0.353 e. The number of benzene rings is 2. The SMILES string of the molecule is O=C(NC1CCC(CCN2C3CC[C@@H]2c2ccccc23)CC1)C1CCC(C(=O)NC2CCC(CCN3[C@@H]4CC[C@H]3c3ccccc34)CC2)C1. The number of nitrogens with zero attached hydrogens (tertiary/aromatic N) is 2. The summed E-state index contributed by atoms with van der Waals surface area (Å²) in [4.78, 5) is 32.1. The van der Waals surface area contributed by atoms with E-state index in [1.165, 1.54) is 77.3 Å². The maximum atomic E-state index is 13.3. The predicted molar refractivity (Wildman–Crippen MR) is 194 cm³/mol. The Morgan fingerprint density at radius 1 is 0.490 bits per heavy atom. The summed E-state index contributed by atoms with van der Waals surface area (Å²) < 4.78 is 0. The first-order valence-corrected chi connectivity index (χ1v) is 20.4. The van der Waals surface area contributed by atoms with Gasteiger partial charge in [-0.2, -0.15) is 0 Å². The van der Waals surface area contributed by atoms with Crippen LogP contribution < -0.4 is 10.6 Å². The van der Waals surface area contributed by atoms with Crippen molar-refractivity contribution >= 4 is 11.8 Å². The van der Waals surface area contributed by atoms with Gasteiger partial charge in [0, 0.05) is 48.1 Å². The lowest BCUT2D eigenvalue weighted by molar-refractivity contribution is -0.127. The number of carbonyl (C=O) groups excluding carboxylic acids is 2. The van der Waals surface area contributed by atoms with Crippen LogP contribution in [0.2, 0.25) is 0 Å². The van der Waals surface area contributed by atoms with Crippen LogP contribution in [0.5, 0.6) is 0 Å². The third-order valence-corrected chi connectivity index (χ3v) is 14.6. The molecule has 4 heterocycles. The van der Waals surface area contributed by atoms with Crippen molar-refractivity contribution in [3.05, 3.63) is 70.8 Å². The Balaban J connectivity index is 0.659. The standard InChI is InChI=1S/C43H58N4O2/c48-42(44-32-15-9-28(10-16-32)23-25-46-38-19-20-39(46)35-6-2-1-5-34(35)38)30-13-14-31(27-30)43(49)45-33-17-11-29(12-18-33)24-26-47-40-21-22-41(47)37-8-4-3-7-36(37)40/h1-8,28-33,38-41H,9-27H2,(H,44,48)(H,45,49)/t28?,29?,30?,31?,32?,33?,38-,39+,40-,41?/m1/s1. The number of amides is 2. The molecule has 4 bridgehead atoms. The highest BCUT2D eigenvalue weighted by molar-refractivity contribution is 5.83. The van der Waals surface area contributed by atoms with Crippen molar-refractivity contribution in [1.29, 1.82) is 0 Å². The normalized spacial score (nSPS) is 36.5. The molecule has 6 heteroatoms. The van der Waals surface area contributed by atoms with Gasteiger partial charge < -0.3 is 10.6 Å². The van der Waals surface area contributed by atoms with Crippen LogP contribution in [0.25, 0.3) is 0 Å². The summed E-state index contributed by atoms with van der Waals surface area (Å²) in [6, 6.07) is 21.4. The first kappa shape index (κ1) is 32.2. The number of fused-ring (bicyclic) bond motifs is 10. The van der Waals surface area contributed by atoms with Crippen molar-refractivity contribution in [3.8, 4) is 0 Å². The molecule has 7 aliphatic rings. The molecule has 9 rings (SSSR count). The molecule has 3 unspecified atom stereocenters. The molecule has 0 radical (unpaired) electrons. The fraction of sp³-hybridized carbons (Fsp3) is 0.674. The van der Waals surface area contributed by atoms with Crippen LogP contribution in [0.4, 0.5) is 0 Å². The zero-order valence-electron chi connectivity index (χ0n) is 29.5. The minimum Gasteiger partial charge on any atom is -0.353 e. The van der Waals surface area contributed by atoms with Crippen LogP contribution in [0.15, 0.2) is 48.5 Å². The molecule has 262 valence electrons. The summed E-state index contributed by atoms with van der Waals surface area (Å²) in [5, 5.41) is 6.84. The van der Waals surface area contributed by atoms with Gasteiger partial charge in [0.25, 0.3) is 0 Å². The summed E-state index contributed by atoms with van der Waals surface area (Å²) in [5.74, 6) is 1.99. The smallest absolute Gasteiger partial charge is 0.223 e. The Labute approximate surface area is 294 Å². The van der Waals surface area contributed by atoms with Gasteiger partial charge in [0.1, 0.15) is 0 Å². The molecule has 2 amide bonds. The lowest BCUT2D eigenvalue weighted by atomic mass is 9.83. The lowest BCUT2D eigenvalue weighted by Crippen LogP contribution is -2.42. The lowest BCUT2D eigenvalue weighted by Gasteiger charge is -2.32. The number of rotatable bonds is 10. The molecular formula is C43H58N4O2. The Kier molecular flexibility index (Phi) is 9.07. The molecule has 3 aliphatic carbocycles. The van der Waals surface area contributed by atoms with Gasteiger partial charge in [0.15, 0.2) is 0 Å². The summed E-state index contributed by atoms with van der Waals surface area (Å²) in [7, 11) is 0. The zero-order valence-corrected chi connectivity index (χ0v) is 29.5. The van der Waals surface area contributed by atoms with Crippen molar-refractivity contribution in [2.75, 3.05) is 13.1 Å². The molecule has 2 aromatic carbocycles. The third-order valence-electron chi connectivity index (χ3n) is 14.6. The van der Waals surface area contributed by atoms with E-state index >= 15 is 0 Å². The minimum atomic E-state index is 0.00324. The Morgan fingerprint density at radius 3 is 1.18 bits per heavy atom. The van der Waals surface area contributed by atoms with Crippen LogP contribution in [-0.4, -0.2) is 46.8 Å². The topological polar surface area (TPSA) is 64.7 Å². The van der Waals surface area contributed by atoms with E-state index in [4.69, 9.17) is 0 Å². The van der Waals surface area contributed by atoms with Crippen molar-refractivity contribution in [2.45, 2.75) is 145 Å². The molecule has 2 aromatic rings. The van der Waals surface area contributed by atoms with E-state index in [2.05, 4.69) is 69.0 Å². The molecule has 2 N–H and O–H groups in total. The molecule has 0 spiro atoms. The second-order valence-electron chi connectivity index (χ2n) is 17.2. The highest BCUT2D eigenvalue weighted by atomic mass is 16.2. The number of carbonyl (C=O) groups is 2.